The molecule has 78 valence electrons. The molecule has 0 bridgehead atoms. The smallest absolute Gasteiger partial charge is 0.317 e. The Balaban J connectivity index is 3.04. The largest absolute Gasteiger partial charge is 0.389 e. The zero-order valence-electron chi connectivity index (χ0n) is 7.66. The average Bonchev–Trinajstić information content (AvgIpc) is 2.01. The monoisotopic (exact) mass is 195 g/mol. The van der Waals surface area contributed by atoms with Gasteiger partial charge >= 0.3 is 6.18 Å². The van der Waals surface area contributed by atoms with Crippen LogP contribution in [0.4, 0.5) is 13.2 Å². The van der Waals surface area contributed by atoms with Gasteiger partial charge in [-0.05, 0) is 32.4 Å². The first-order valence-corrected chi connectivity index (χ1v) is 4.44. The van der Waals surface area contributed by atoms with E-state index in [1.165, 1.54) is 0 Å². The minimum atomic E-state index is -4.01. The average molecular weight is 195 g/mol. The highest BCUT2D eigenvalue weighted by Gasteiger charge is 2.25. The summed E-state index contributed by atoms with van der Waals surface area (Å²) in [6.45, 7) is 4.76. The molecule has 0 atom stereocenters. The first-order valence-electron chi connectivity index (χ1n) is 4.44. The van der Waals surface area contributed by atoms with Crippen molar-refractivity contribution in [2.45, 2.75) is 31.9 Å². The number of allylic oxidation sites excluding steroid dienone is 1. The van der Waals surface area contributed by atoms with E-state index in [1.54, 1.807) is 6.08 Å². The fraction of sp³-hybridized carbons (Fsp3) is 0.778. The molecule has 0 unspecified atom stereocenters. The Morgan fingerprint density at radius 3 is 2.31 bits per heavy atom. The van der Waals surface area contributed by atoms with E-state index >= 15 is 0 Å². The topological polar surface area (TPSA) is 12.0 Å². The van der Waals surface area contributed by atoms with Gasteiger partial charge in [0.2, 0.25) is 0 Å². The van der Waals surface area contributed by atoms with Gasteiger partial charge in [0.15, 0.2) is 0 Å². The molecule has 0 fully saturated rings. The quantitative estimate of drug-likeness (QED) is 0.486. The van der Waals surface area contributed by atoms with Crippen LogP contribution in [0.15, 0.2) is 12.7 Å². The Morgan fingerprint density at radius 2 is 1.77 bits per heavy atom. The van der Waals surface area contributed by atoms with Crippen LogP contribution < -0.4 is 5.32 Å². The highest BCUT2D eigenvalue weighted by molar-refractivity contribution is 4.66. The van der Waals surface area contributed by atoms with Crippen molar-refractivity contribution in [1.29, 1.82) is 0 Å². The van der Waals surface area contributed by atoms with Crippen molar-refractivity contribution in [2.75, 3.05) is 13.1 Å². The summed E-state index contributed by atoms with van der Waals surface area (Å²) in [5, 5.41) is 2.94. The Bertz CT molecular complexity index is 131. The van der Waals surface area contributed by atoms with E-state index in [0.717, 1.165) is 19.4 Å². The van der Waals surface area contributed by atoms with Gasteiger partial charge in [-0.3, -0.25) is 0 Å². The van der Waals surface area contributed by atoms with Crippen molar-refractivity contribution in [3.05, 3.63) is 12.7 Å². The summed E-state index contributed by atoms with van der Waals surface area (Å²) in [5.41, 5.74) is 0. The molecular formula is C9H16F3N. The Hall–Kier alpha value is -0.510. The first-order chi connectivity index (χ1) is 6.06. The van der Waals surface area contributed by atoms with Crippen molar-refractivity contribution in [3.63, 3.8) is 0 Å². The van der Waals surface area contributed by atoms with Crippen molar-refractivity contribution in [1.82, 2.24) is 5.32 Å². The minimum Gasteiger partial charge on any atom is -0.317 e. The lowest BCUT2D eigenvalue weighted by Crippen LogP contribution is -2.19. The second-order valence-electron chi connectivity index (χ2n) is 2.90. The maximum absolute atomic E-state index is 11.6. The number of halogens is 3. The maximum Gasteiger partial charge on any atom is 0.389 e. The molecule has 0 amide bonds. The zero-order chi connectivity index (χ0) is 10.2. The van der Waals surface area contributed by atoms with E-state index in [1.807, 2.05) is 0 Å². The lowest BCUT2D eigenvalue weighted by atomic mass is 10.3. The van der Waals surface area contributed by atoms with Crippen LogP contribution in [0.1, 0.15) is 25.7 Å². The molecule has 1 nitrogen and oxygen atoms in total. The highest BCUT2D eigenvalue weighted by atomic mass is 19.4. The second kappa shape index (κ2) is 6.95. The number of nitrogens with one attached hydrogen (secondary N) is 1. The lowest BCUT2D eigenvalue weighted by Gasteiger charge is -2.06. The van der Waals surface area contributed by atoms with Crippen molar-refractivity contribution >= 4 is 0 Å². The normalized spacial score (nSPS) is 11.6. The van der Waals surface area contributed by atoms with Gasteiger partial charge in [-0.2, -0.15) is 13.2 Å². The molecule has 0 heterocycles. The van der Waals surface area contributed by atoms with Gasteiger partial charge in [-0.25, -0.2) is 0 Å². The summed E-state index contributed by atoms with van der Waals surface area (Å²) in [7, 11) is 0. The number of hydrogen-bond acceptors (Lipinski definition) is 1. The predicted molar refractivity (Wildman–Crippen MR) is 47.6 cm³/mol. The van der Waals surface area contributed by atoms with Gasteiger partial charge in [0.05, 0.1) is 0 Å². The summed E-state index contributed by atoms with van der Waals surface area (Å²) in [6.07, 6.45) is -0.888. The highest BCUT2D eigenvalue weighted by Crippen LogP contribution is 2.20. The van der Waals surface area contributed by atoms with Crippen LogP contribution in [-0.4, -0.2) is 19.3 Å². The van der Waals surface area contributed by atoms with E-state index in [2.05, 4.69) is 11.9 Å². The van der Waals surface area contributed by atoms with E-state index in [9.17, 15) is 13.2 Å². The van der Waals surface area contributed by atoms with E-state index < -0.39 is 12.6 Å². The van der Waals surface area contributed by atoms with Crippen LogP contribution >= 0.6 is 0 Å². The molecule has 13 heavy (non-hydrogen) atoms. The molecular weight excluding hydrogens is 179 g/mol. The summed E-state index contributed by atoms with van der Waals surface area (Å²) >= 11 is 0. The van der Waals surface area contributed by atoms with Gasteiger partial charge in [0, 0.05) is 6.42 Å². The van der Waals surface area contributed by atoms with E-state index in [0.29, 0.717) is 6.54 Å². The number of unbranched alkanes of at least 4 members (excludes halogenated alkanes) is 1. The molecule has 0 aromatic heterocycles. The molecule has 0 aliphatic rings. The van der Waals surface area contributed by atoms with Gasteiger partial charge in [-0.15, -0.1) is 6.58 Å². The third kappa shape index (κ3) is 11.5. The fourth-order valence-corrected chi connectivity index (χ4v) is 0.910. The number of hydrogen-bond donors (Lipinski definition) is 1. The standard InChI is InChI=1S/C9H16F3N/c1-2-3-4-7-13-8-5-6-9(10,11)12/h2,13H,1,3-8H2. The predicted octanol–water partition coefficient (Wildman–Crippen LogP) is 2.88. The lowest BCUT2D eigenvalue weighted by molar-refractivity contribution is -0.135. The molecule has 0 saturated heterocycles. The molecule has 0 rings (SSSR count). The molecule has 0 aliphatic heterocycles. The fourth-order valence-electron chi connectivity index (χ4n) is 0.910. The Labute approximate surface area is 77.0 Å². The molecule has 0 radical (unpaired) electrons. The number of alkyl halides is 3. The maximum atomic E-state index is 11.6. The summed E-state index contributed by atoms with van der Waals surface area (Å²) in [6, 6.07) is 0. The molecule has 0 spiro atoms. The van der Waals surface area contributed by atoms with Crippen LogP contribution in [-0.2, 0) is 0 Å². The Kier molecular flexibility index (Phi) is 6.68. The van der Waals surface area contributed by atoms with Crippen molar-refractivity contribution in [3.8, 4) is 0 Å². The van der Waals surface area contributed by atoms with E-state index in [-0.39, 0.29) is 6.42 Å². The van der Waals surface area contributed by atoms with Gasteiger partial charge in [0.1, 0.15) is 0 Å². The van der Waals surface area contributed by atoms with E-state index in [4.69, 9.17) is 0 Å². The molecule has 0 aromatic carbocycles. The molecule has 4 heteroatoms. The van der Waals surface area contributed by atoms with Crippen LogP contribution in [0, 0.1) is 0 Å². The van der Waals surface area contributed by atoms with Crippen molar-refractivity contribution in [2.24, 2.45) is 0 Å². The summed E-state index contributed by atoms with van der Waals surface area (Å²) in [4.78, 5) is 0. The third-order valence-corrected chi connectivity index (χ3v) is 1.58. The molecule has 0 aliphatic carbocycles. The van der Waals surface area contributed by atoms with Gasteiger partial charge in [-0.1, -0.05) is 6.08 Å². The first kappa shape index (κ1) is 12.5. The van der Waals surface area contributed by atoms with Crippen LogP contribution in [0.3, 0.4) is 0 Å². The Morgan fingerprint density at radius 1 is 1.15 bits per heavy atom. The zero-order valence-corrected chi connectivity index (χ0v) is 7.66. The molecule has 0 aromatic rings. The molecule has 0 saturated carbocycles. The van der Waals surface area contributed by atoms with Gasteiger partial charge in [0.25, 0.3) is 0 Å². The summed E-state index contributed by atoms with van der Waals surface area (Å²) < 4.78 is 34.9. The van der Waals surface area contributed by atoms with Crippen LogP contribution in [0.5, 0.6) is 0 Å². The van der Waals surface area contributed by atoms with Crippen LogP contribution in [0.25, 0.3) is 0 Å². The molecule has 1 N–H and O–H groups in total. The third-order valence-electron chi connectivity index (χ3n) is 1.58. The SMILES string of the molecule is C=CCCCNCCCC(F)(F)F. The van der Waals surface area contributed by atoms with Crippen molar-refractivity contribution < 1.29 is 13.2 Å². The van der Waals surface area contributed by atoms with Crippen LogP contribution in [0.2, 0.25) is 0 Å². The second-order valence-corrected chi connectivity index (χ2v) is 2.90. The van der Waals surface area contributed by atoms with Gasteiger partial charge < -0.3 is 5.32 Å². The number of rotatable bonds is 7. The summed E-state index contributed by atoms with van der Waals surface area (Å²) in [5.74, 6) is 0. The minimum absolute atomic E-state index is 0.164.